The van der Waals surface area contributed by atoms with E-state index in [1.165, 1.54) is 18.5 Å². The Balaban J connectivity index is 1.79. The Labute approximate surface area is 193 Å². The highest BCUT2D eigenvalue weighted by Gasteiger charge is 2.27. The number of halogens is 1. The molecule has 9 heteroatoms. The summed E-state index contributed by atoms with van der Waals surface area (Å²) >= 11 is 0. The molecule has 0 amide bonds. The maximum Gasteiger partial charge on any atom is 0.339 e. The number of hydrogen-bond acceptors (Lipinski definition) is 5. The van der Waals surface area contributed by atoms with Crippen LogP contribution >= 0.6 is 0 Å². The zero-order chi connectivity index (χ0) is 23.8. The predicted octanol–water partition coefficient (Wildman–Crippen LogP) is 5.35. The molecule has 1 fully saturated rings. The molecule has 176 valence electrons. The first kappa shape index (κ1) is 23.4. The molecule has 1 aliphatic rings. The molecule has 1 N–H and O–H groups in total. The number of nitrogens with zero attached hydrogens (tertiary/aromatic N) is 3. The van der Waals surface area contributed by atoms with Crippen LogP contribution in [0.3, 0.4) is 0 Å². The molecule has 2 aromatic heterocycles. The molecule has 0 radical (unpaired) electrons. The highest BCUT2D eigenvalue weighted by atomic mass is 28.3. The number of carboxylic acids is 1. The van der Waals surface area contributed by atoms with Gasteiger partial charge in [0.2, 0.25) is 0 Å². The third kappa shape index (κ3) is 5.25. The number of fused-ring (bicyclic) bond motifs is 1. The number of benzene rings is 1. The Kier molecular flexibility index (Phi) is 6.53. The van der Waals surface area contributed by atoms with Crippen molar-refractivity contribution in [2.75, 3.05) is 13.2 Å². The molecule has 1 aromatic carbocycles. The van der Waals surface area contributed by atoms with E-state index in [0.29, 0.717) is 52.9 Å². The van der Waals surface area contributed by atoms with Gasteiger partial charge in [-0.05, 0) is 43.9 Å². The van der Waals surface area contributed by atoms with Gasteiger partial charge in [-0.3, -0.25) is 0 Å². The molecule has 0 saturated heterocycles. The molecule has 2 heterocycles. The zero-order valence-corrected chi connectivity index (χ0v) is 20.5. The molecule has 4 rings (SSSR count). The Bertz CT molecular complexity index is 1180. The van der Waals surface area contributed by atoms with Crippen molar-refractivity contribution in [3.8, 4) is 17.0 Å². The van der Waals surface area contributed by atoms with Gasteiger partial charge in [0.15, 0.2) is 0 Å². The second kappa shape index (κ2) is 9.22. The highest BCUT2D eigenvalue weighted by Crippen LogP contribution is 2.38. The molecular formula is C24H30FN3O4Si. The van der Waals surface area contributed by atoms with E-state index < -0.39 is 19.9 Å². The summed E-state index contributed by atoms with van der Waals surface area (Å²) in [4.78, 5) is 20.8. The van der Waals surface area contributed by atoms with Gasteiger partial charge in [0.1, 0.15) is 41.4 Å². The first-order chi connectivity index (χ1) is 15.7. The average molecular weight is 472 g/mol. The van der Waals surface area contributed by atoms with Crippen molar-refractivity contribution in [1.82, 2.24) is 14.5 Å². The summed E-state index contributed by atoms with van der Waals surface area (Å²) in [6.07, 6.45) is 3.57. The summed E-state index contributed by atoms with van der Waals surface area (Å²) in [5.74, 6) is -0.575. The normalized spacial score (nSPS) is 14.1. The van der Waals surface area contributed by atoms with E-state index in [2.05, 4.69) is 29.6 Å². The largest absolute Gasteiger partial charge is 0.492 e. The SMILES string of the molecule is Cc1c(C(=O)O)c2ncnc(-c3ccc(F)cc3OCC3CC3)c2n1COCC[Si](C)(C)C. The van der Waals surface area contributed by atoms with Crippen molar-refractivity contribution in [3.63, 3.8) is 0 Å². The van der Waals surface area contributed by atoms with Crippen LogP contribution in [-0.4, -0.2) is 46.9 Å². The van der Waals surface area contributed by atoms with Crippen LogP contribution in [0.5, 0.6) is 5.75 Å². The number of aromatic nitrogens is 3. The van der Waals surface area contributed by atoms with Crippen LogP contribution in [0.25, 0.3) is 22.3 Å². The Morgan fingerprint density at radius 3 is 2.70 bits per heavy atom. The monoisotopic (exact) mass is 471 g/mol. The minimum Gasteiger partial charge on any atom is -0.492 e. The Morgan fingerprint density at radius 1 is 1.27 bits per heavy atom. The molecule has 0 aliphatic heterocycles. The summed E-state index contributed by atoms with van der Waals surface area (Å²) in [6.45, 7) is 9.86. The van der Waals surface area contributed by atoms with Crippen molar-refractivity contribution in [3.05, 3.63) is 41.6 Å². The first-order valence-electron chi connectivity index (χ1n) is 11.2. The first-order valence-corrected chi connectivity index (χ1v) is 14.9. The van der Waals surface area contributed by atoms with Gasteiger partial charge in [-0.25, -0.2) is 19.2 Å². The van der Waals surface area contributed by atoms with Crippen LogP contribution in [0.2, 0.25) is 25.7 Å². The van der Waals surface area contributed by atoms with Gasteiger partial charge < -0.3 is 19.1 Å². The summed E-state index contributed by atoms with van der Waals surface area (Å²) in [6, 6.07) is 5.33. The van der Waals surface area contributed by atoms with Gasteiger partial charge >= 0.3 is 5.97 Å². The highest BCUT2D eigenvalue weighted by molar-refractivity contribution is 6.76. The predicted molar refractivity (Wildman–Crippen MR) is 127 cm³/mol. The van der Waals surface area contributed by atoms with E-state index in [1.54, 1.807) is 17.6 Å². The summed E-state index contributed by atoms with van der Waals surface area (Å²) in [5.41, 5.74) is 2.62. The van der Waals surface area contributed by atoms with E-state index in [9.17, 15) is 14.3 Å². The number of ether oxygens (including phenoxy) is 2. The second-order valence-electron chi connectivity index (χ2n) is 9.86. The molecule has 0 unspecified atom stereocenters. The Morgan fingerprint density at radius 2 is 2.03 bits per heavy atom. The minimum atomic E-state index is -1.27. The van der Waals surface area contributed by atoms with Crippen LogP contribution in [-0.2, 0) is 11.5 Å². The van der Waals surface area contributed by atoms with Gasteiger partial charge in [0.25, 0.3) is 0 Å². The fourth-order valence-electron chi connectivity index (χ4n) is 3.74. The van der Waals surface area contributed by atoms with Crippen molar-refractivity contribution in [2.24, 2.45) is 5.92 Å². The van der Waals surface area contributed by atoms with Gasteiger partial charge in [-0.2, -0.15) is 0 Å². The fraction of sp³-hybridized carbons (Fsp3) is 0.458. The minimum absolute atomic E-state index is 0.116. The number of aromatic carboxylic acids is 1. The molecule has 1 saturated carbocycles. The standard InChI is InChI=1S/C24H30FN3O4Si/c1-15-20(24(29)30)22-23(28(15)14-31-9-10-33(2,3)4)21(26-13-27-22)18-8-7-17(25)11-19(18)32-12-16-5-6-16/h7-8,11,13,16H,5-6,9-10,12,14H2,1-4H3,(H,29,30). The van der Waals surface area contributed by atoms with Crippen molar-refractivity contribution in [1.29, 1.82) is 0 Å². The number of carbonyl (C=O) groups is 1. The van der Waals surface area contributed by atoms with Crippen molar-refractivity contribution in [2.45, 2.75) is 52.2 Å². The van der Waals surface area contributed by atoms with Gasteiger partial charge in [-0.15, -0.1) is 0 Å². The third-order valence-electron chi connectivity index (χ3n) is 5.90. The quantitative estimate of drug-likeness (QED) is 0.317. The van der Waals surface area contributed by atoms with Crippen LogP contribution in [0, 0.1) is 18.7 Å². The molecule has 1 aliphatic carbocycles. The number of hydrogen-bond donors (Lipinski definition) is 1. The number of carboxylic acid groups (broad SMARTS) is 1. The lowest BCUT2D eigenvalue weighted by molar-refractivity contribution is 0.0694. The van der Waals surface area contributed by atoms with E-state index in [4.69, 9.17) is 9.47 Å². The van der Waals surface area contributed by atoms with Gasteiger partial charge in [0, 0.05) is 32.0 Å². The molecule has 0 atom stereocenters. The van der Waals surface area contributed by atoms with E-state index in [1.807, 2.05) is 0 Å². The van der Waals surface area contributed by atoms with E-state index in [0.717, 1.165) is 18.9 Å². The zero-order valence-electron chi connectivity index (χ0n) is 19.5. The summed E-state index contributed by atoms with van der Waals surface area (Å²) in [7, 11) is -1.27. The maximum atomic E-state index is 14.1. The van der Waals surface area contributed by atoms with Crippen LogP contribution in [0.1, 0.15) is 28.9 Å². The smallest absolute Gasteiger partial charge is 0.339 e. The fourth-order valence-corrected chi connectivity index (χ4v) is 4.50. The van der Waals surface area contributed by atoms with Gasteiger partial charge in [0.05, 0.1) is 12.1 Å². The molecular weight excluding hydrogens is 441 g/mol. The van der Waals surface area contributed by atoms with E-state index >= 15 is 0 Å². The topological polar surface area (TPSA) is 86.5 Å². The second-order valence-corrected chi connectivity index (χ2v) is 15.5. The summed E-state index contributed by atoms with van der Waals surface area (Å²) < 4.78 is 27.8. The number of rotatable bonds is 10. The van der Waals surface area contributed by atoms with Crippen LogP contribution in [0.4, 0.5) is 4.39 Å². The summed E-state index contributed by atoms with van der Waals surface area (Å²) in [5, 5.41) is 9.88. The lowest BCUT2D eigenvalue weighted by Gasteiger charge is -2.17. The van der Waals surface area contributed by atoms with Crippen LogP contribution < -0.4 is 4.74 Å². The van der Waals surface area contributed by atoms with Crippen molar-refractivity contribution >= 4 is 25.1 Å². The van der Waals surface area contributed by atoms with E-state index in [-0.39, 0.29) is 12.3 Å². The van der Waals surface area contributed by atoms with Gasteiger partial charge in [-0.1, -0.05) is 19.6 Å². The Hall–Kier alpha value is -2.78. The van der Waals surface area contributed by atoms with Crippen molar-refractivity contribution < 1.29 is 23.8 Å². The maximum absolute atomic E-state index is 14.1. The molecule has 7 nitrogen and oxygen atoms in total. The third-order valence-corrected chi connectivity index (χ3v) is 7.60. The molecule has 0 bridgehead atoms. The van der Waals surface area contributed by atoms with Crippen LogP contribution in [0.15, 0.2) is 24.5 Å². The molecule has 0 spiro atoms. The average Bonchev–Trinajstić information content (AvgIpc) is 3.51. The molecule has 33 heavy (non-hydrogen) atoms. The molecule has 3 aromatic rings. The lowest BCUT2D eigenvalue weighted by atomic mass is 10.1. The lowest BCUT2D eigenvalue weighted by Crippen LogP contribution is -2.22.